The molecule has 0 fully saturated rings. The van der Waals surface area contributed by atoms with Gasteiger partial charge in [0.1, 0.15) is 11.5 Å². The maximum atomic E-state index is 12.6. The molecule has 1 aromatic heterocycles. The molecular formula is C10H12F3N3O. The lowest BCUT2D eigenvalue weighted by molar-refractivity contribution is 0.0558. The molecule has 2 N–H and O–H groups in total. The summed E-state index contributed by atoms with van der Waals surface area (Å²) < 4.78 is 37.0. The zero-order chi connectivity index (χ0) is 12.8. The van der Waals surface area contributed by atoms with Crippen molar-refractivity contribution in [2.75, 3.05) is 19.6 Å². The van der Waals surface area contributed by atoms with Crippen molar-refractivity contribution in [1.29, 1.82) is 0 Å². The molecule has 0 atom stereocenters. The minimum Gasteiger partial charge on any atom is -0.330 e. The Balaban J connectivity index is 2.79. The summed E-state index contributed by atoms with van der Waals surface area (Å²) in [7, 11) is 0. The maximum Gasteiger partial charge on any atom is 0.272 e. The number of amides is 1. The number of pyridine rings is 1. The van der Waals surface area contributed by atoms with E-state index in [0.717, 1.165) is 23.2 Å². The van der Waals surface area contributed by atoms with E-state index in [1.165, 1.54) is 0 Å². The standard InChI is InChI=1S/C10H12F3N3O/c11-7-1-2-8(15-5-7)10(17)16(4-3-14)6-9(12)13/h1-2,5,9H,3-4,6,14H2. The predicted molar refractivity (Wildman–Crippen MR) is 55.2 cm³/mol. The molecule has 0 aliphatic heterocycles. The minimum absolute atomic E-state index is 0.00221. The second kappa shape index (κ2) is 6.19. The van der Waals surface area contributed by atoms with Crippen LogP contribution >= 0.6 is 0 Å². The van der Waals surface area contributed by atoms with Crippen molar-refractivity contribution in [2.24, 2.45) is 5.73 Å². The summed E-state index contributed by atoms with van der Waals surface area (Å²) >= 11 is 0. The van der Waals surface area contributed by atoms with E-state index < -0.39 is 24.7 Å². The topological polar surface area (TPSA) is 59.2 Å². The van der Waals surface area contributed by atoms with E-state index in [4.69, 9.17) is 5.73 Å². The van der Waals surface area contributed by atoms with E-state index in [-0.39, 0.29) is 18.8 Å². The van der Waals surface area contributed by atoms with Gasteiger partial charge in [0.25, 0.3) is 12.3 Å². The molecule has 0 aliphatic carbocycles. The second-order valence-corrected chi connectivity index (χ2v) is 3.29. The molecule has 0 saturated carbocycles. The van der Waals surface area contributed by atoms with E-state index >= 15 is 0 Å². The molecular weight excluding hydrogens is 235 g/mol. The summed E-state index contributed by atoms with van der Waals surface area (Å²) in [6.45, 7) is -0.642. The van der Waals surface area contributed by atoms with Gasteiger partial charge in [0.05, 0.1) is 12.7 Å². The van der Waals surface area contributed by atoms with Crippen molar-refractivity contribution in [3.63, 3.8) is 0 Å². The van der Waals surface area contributed by atoms with Gasteiger partial charge < -0.3 is 10.6 Å². The number of carbonyl (C=O) groups is 1. The van der Waals surface area contributed by atoms with Gasteiger partial charge in [-0.05, 0) is 12.1 Å². The highest BCUT2D eigenvalue weighted by Gasteiger charge is 2.19. The Morgan fingerprint density at radius 3 is 2.65 bits per heavy atom. The van der Waals surface area contributed by atoms with Crippen molar-refractivity contribution in [1.82, 2.24) is 9.88 Å². The van der Waals surface area contributed by atoms with Crippen LogP contribution in [0.1, 0.15) is 10.5 Å². The molecule has 7 heteroatoms. The van der Waals surface area contributed by atoms with Crippen LogP contribution < -0.4 is 5.73 Å². The van der Waals surface area contributed by atoms with Gasteiger partial charge in [-0.25, -0.2) is 18.2 Å². The summed E-state index contributed by atoms with van der Waals surface area (Å²) in [5.41, 5.74) is 5.14. The molecule has 0 aromatic carbocycles. The van der Waals surface area contributed by atoms with Gasteiger partial charge in [0.15, 0.2) is 0 Å². The molecule has 0 saturated heterocycles. The number of alkyl halides is 2. The molecule has 1 aromatic rings. The summed E-state index contributed by atoms with van der Waals surface area (Å²) in [5.74, 6) is -1.28. The Morgan fingerprint density at radius 1 is 1.47 bits per heavy atom. The molecule has 17 heavy (non-hydrogen) atoms. The third-order valence-corrected chi connectivity index (χ3v) is 1.99. The monoisotopic (exact) mass is 247 g/mol. The number of hydrogen-bond donors (Lipinski definition) is 1. The quantitative estimate of drug-likeness (QED) is 0.840. The molecule has 0 unspecified atom stereocenters. The van der Waals surface area contributed by atoms with Crippen LogP contribution in [0.15, 0.2) is 18.3 Å². The first-order chi connectivity index (χ1) is 8.04. The van der Waals surface area contributed by atoms with E-state index in [9.17, 15) is 18.0 Å². The maximum absolute atomic E-state index is 12.6. The predicted octanol–water partition coefficient (Wildman–Crippen LogP) is 0.887. The van der Waals surface area contributed by atoms with E-state index in [1.54, 1.807) is 0 Å². The molecule has 1 amide bonds. The van der Waals surface area contributed by atoms with Gasteiger partial charge in [-0.1, -0.05) is 0 Å². The Hall–Kier alpha value is -1.63. The van der Waals surface area contributed by atoms with Gasteiger partial charge >= 0.3 is 0 Å². The number of rotatable bonds is 5. The zero-order valence-corrected chi connectivity index (χ0v) is 8.94. The summed E-state index contributed by atoms with van der Waals surface area (Å²) in [5, 5.41) is 0. The van der Waals surface area contributed by atoms with Gasteiger partial charge in [-0.3, -0.25) is 4.79 Å². The van der Waals surface area contributed by atoms with Crippen molar-refractivity contribution in [3.8, 4) is 0 Å². The zero-order valence-electron chi connectivity index (χ0n) is 8.94. The fourth-order valence-corrected chi connectivity index (χ4v) is 1.26. The number of nitrogens with two attached hydrogens (primary N) is 1. The fraction of sp³-hybridized carbons (Fsp3) is 0.400. The lowest BCUT2D eigenvalue weighted by Crippen LogP contribution is -2.39. The van der Waals surface area contributed by atoms with Crippen molar-refractivity contribution >= 4 is 5.91 Å². The lowest BCUT2D eigenvalue weighted by atomic mass is 10.3. The molecule has 4 nitrogen and oxygen atoms in total. The molecule has 0 radical (unpaired) electrons. The normalized spacial score (nSPS) is 10.6. The van der Waals surface area contributed by atoms with E-state index in [1.807, 2.05) is 0 Å². The van der Waals surface area contributed by atoms with Crippen LogP contribution in [-0.2, 0) is 0 Å². The van der Waals surface area contributed by atoms with Gasteiger partial charge in [-0.15, -0.1) is 0 Å². The largest absolute Gasteiger partial charge is 0.330 e. The molecule has 0 spiro atoms. The average Bonchev–Trinajstić information content (AvgIpc) is 2.28. The van der Waals surface area contributed by atoms with Crippen molar-refractivity contribution in [2.45, 2.75) is 6.43 Å². The van der Waals surface area contributed by atoms with Crippen LogP contribution in [0.25, 0.3) is 0 Å². The van der Waals surface area contributed by atoms with Crippen LogP contribution in [0.5, 0.6) is 0 Å². The van der Waals surface area contributed by atoms with Crippen molar-refractivity contribution < 1.29 is 18.0 Å². The Kier molecular flexibility index (Phi) is 4.89. The number of halogens is 3. The molecule has 0 bridgehead atoms. The fourth-order valence-electron chi connectivity index (χ4n) is 1.26. The minimum atomic E-state index is -2.65. The van der Waals surface area contributed by atoms with Crippen LogP contribution in [0.4, 0.5) is 13.2 Å². The highest BCUT2D eigenvalue weighted by Crippen LogP contribution is 2.05. The second-order valence-electron chi connectivity index (χ2n) is 3.29. The third kappa shape index (κ3) is 4.03. The number of hydrogen-bond acceptors (Lipinski definition) is 3. The summed E-state index contributed by atoms with van der Waals surface area (Å²) in [4.78, 5) is 16.2. The van der Waals surface area contributed by atoms with Gasteiger partial charge in [0.2, 0.25) is 0 Å². The van der Waals surface area contributed by atoms with Gasteiger partial charge in [0, 0.05) is 13.1 Å². The Morgan fingerprint density at radius 2 is 2.18 bits per heavy atom. The number of carbonyl (C=O) groups excluding carboxylic acids is 1. The van der Waals surface area contributed by atoms with Crippen LogP contribution in [0, 0.1) is 5.82 Å². The van der Waals surface area contributed by atoms with Crippen LogP contribution in [0.3, 0.4) is 0 Å². The summed E-state index contributed by atoms with van der Waals surface area (Å²) in [6, 6.07) is 2.19. The third-order valence-electron chi connectivity index (χ3n) is 1.99. The molecule has 1 rings (SSSR count). The highest BCUT2D eigenvalue weighted by atomic mass is 19.3. The molecule has 0 aliphatic rings. The van der Waals surface area contributed by atoms with E-state index in [2.05, 4.69) is 4.98 Å². The lowest BCUT2D eigenvalue weighted by Gasteiger charge is -2.20. The summed E-state index contributed by atoms with van der Waals surface area (Å²) in [6.07, 6.45) is -1.79. The van der Waals surface area contributed by atoms with Crippen LogP contribution in [0.2, 0.25) is 0 Å². The first kappa shape index (κ1) is 13.4. The highest BCUT2D eigenvalue weighted by molar-refractivity contribution is 5.92. The van der Waals surface area contributed by atoms with Crippen molar-refractivity contribution in [3.05, 3.63) is 29.8 Å². The number of nitrogens with zero attached hydrogens (tertiary/aromatic N) is 2. The smallest absolute Gasteiger partial charge is 0.272 e. The SMILES string of the molecule is NCCN(CC(F)F)C(=O)c1ccc(F)cn1. The molecule has 1 heterocycles. The Bertz CT molecular complexity index is 370. The first-order valence-corrected chi connectivity index (χ1v) is 4.93. The average molecular weight is 247 g/mol. The van der Waals surface area contributed by atoms with Gasteiger partial charge in [-0.2, -0.15) is 0 Å². The first-order valence-electron chi connectivity index (χ1n) is 4.93. The Labute approximate surface area is 96.2 Å². The number of aromatic nitrogens is 1. The molecule has 94 valence electrons. The van der Waals surface area contributed by atoms with E-state index in [0.29, 0.717) is 0 Å². The van der Waals surface area contributed by atoms with Crippen LogP contribution in [-0.4, -0.2) is 41.9 Å².